The van der Waals surface area contributed by atoms with Crippen LogP contribution in [0.3, 0.4) is 0 Å². The molecule has 3 rings (SSSR count). The minimum absolute atomic E-state index is 0.0553. The van der Waals surface area contributed by atoms with Gasteiger partial charge in [0.2, 0.25) is 0 Å². The second kappa shape index (κ2) is 6.76. The number of nitrogens with zero attached hydrogens (tertiary/aromatic N) is 2. The summed E-state index contributed by atoms with van der Waals surface area (Å²) in [7, 11) is 3.72. The van der Waals surface area contributed by atoms with Crippen molar-refractivity contribution in [2.45, 2.75) is 26.3 Å². The third kappa shape index (κ3) is 3.34. The normalized spacial score (nSPS) is 15.8. The molecule has 3 nitrogen and oxygen atoms in total. The van der Waals surface area contributed by atoms with Crippen LogP contribution in [0.4, 0.5) is 15.8 Å². The first-order chi connectivity index (χ1) is 12.2. The lowest BCUT2D eigenvalue weighted by Gasteiger charge is -2.40. The number of methoxy groups -OCH3 is 1. The van der Waals surface area contributed by atoms with Crippen LogP contribution in [0.25, 0.3) is 5.57 Å². The Kier molecular flexibility index (Phi) is 4.80. The molecule has 1 heterocycles. The largest absolute Gasteiger partial charge is 0.496 e. The Morgan fingerprint density at radius 3 is 2.62 bits per heavy atom. The molecule has 0 unspecified atom stereocenters. The van der Waals surface area contributed by atoms with Crippen LogP contribution in [0.1, 0.15) is 31.9 Å². The van der Waals surface area contributed by atoms with Gasteiger partial charge in [-0.3, -0.25) is 4.99 Å². The third-order valence-corrected chi connectivity index (χ3v) is 5.11. The van der Waals surface area contributed by atoms with E-state index in [9.17, 15) is 4.39 Å². The second-order valence-corrected chi connectivity index (χ2v) is 7.42. The van der Waals surface area contributed by atoms with Gasteiger partial charge in [-0.1, -0.05) is 17.7 Å². The number of fused-ring (bicyclic) bond motifs is 1. The first-order valence-electron chi connectivity index (χ1n) is 8.38. The van der Waals surface area contributed by atoms with Crippen LogP contribution in [0.5, 0.6) is 5.75 Å². The maximum Gasteiger partial charge on any atom is 0.141 e. The maximum atomic E-state index is 13.3. The number of allylic oxidation sites excluding steroid dienone is 1. The minimum Gasteiger partial charge on any atom is -0.496 e. The highest BCUT2D eigenvalue weighted by atomic mass is 35.5. The molecule has 0 bridgehead atoms. The summed E-state index contributed by atoms with van der Waals surface area (Å²) in [5.74, 6) is 0.279. The lowest BCUT2D eigenvalue weighted by atomic mass is 9.88. The summed E-state index contributed by atoms with van der Waals surface area (Å²) in [6.07, 6.45) is 3.97. The number of halogens is 2. The molecule has 0 saturated heterocycles. The molecule has 136 valence electrons. The van der Waals surface area contributed by atoms with Crippen LogP contribution < -0.4 is 9.64 Å². The summed E-state index contributed by atoms with van der Waals surface area (Å²) in [5, 5.41) is 0.0553. The standard InChI is InChI=1S/C21H22ClFN2O/c1-13-11-21(2,3)25(4)19-10-20(26-5)14(8-16(13)19)12-24-15-6-7-18(23)17(22)9-15/h6-12H,1-5H3. The summed E-state index contributed by atoms with van der Waals surface area (Å²) in [6, 6.07) is 8.50. The van der Waals surface area contributed by atoms with Crippen LogP contribution >= 0.6 is 11.6 Å². The van der Waals surface area contributed by atoms with Gasteiger partial charge in [0.05, 0.1) is 23.4 Å². The van der Waals surface area contributed by atoms with E-state index in [-0.39, 0.29) is 10.6 Å². The molecule has 5 heteroatoms. The highest BCUT2D eigenvalue weighted by Gasteiger charge is 2.29. The summed E-state index contributed by atoms with van der Waals surface area (Å²) >= 11 is 5.82. The van der Waals surface area contributed by atoms with E-state index in [0.29, 0.717) is 5.69 Å². The van der Waals surface area contributed by atoms with Crippen molar-refractivity contribution in [3.8, 4) is 5.75 Å². The molecule has 1 aliphatic rings. The topological polar surface area (TPSA) is 24.8 Å². The van der Waals surface area contributed by atoms with Crippen LogP contribution in [-0.2, 0) is 0 Å². The lowest BCUT2D eigenvalue weighted by molar-refractivity contribution is 0.414. The fourth-order valence-corrected chi connectivity index (χ4v) is 3.36. The summed E-state index contributed by atoms with van der Waals surface area (Å²) in [5.41, 5.74) is 4.85. The monoisotopic (exact) mass is 372 g/mol. The molecular weight excluding hydrogens is 351 g/mol. The van der Waals surface area contributed by atoms with Crippen LogP contribution in [0.2, 0.25) is 5.02 Å². The van der Waals surface area contributed by atoms with E-state index in [4.69, 9.17) is 16.3 Å². The maximum absolute atomic E-state index is 13.3. The van der Waals surface area contributed by atoms with E-state index in [0.717, 1.165) is 22.6 Å². The predicted molar refractivity (Wildman–Crippen MR) is 108 cm³/mol. The van der Waals surface area contributed by atoms with E-state index >= 15 is 0 Å². The average molecular weight is 373 g/mol. The van der Waals surface area contributed by atoms with Gasteiger partial charge in [0.25, 0.3) is 0 Å². The molecule has 2 aromatic carbocycles. The van der Waals surface area contributed by atoms with Gasteiger partial charge in [-0.2, -0.15) is 0 Å². The van der Waals surface area contributed by atoms with Crippen molar-refractivity contribution in [3.63, 3.8) is 0 Å². The first kappa shape index (κ1) is 18.5. The molecule has 0 spiro atoms. The fourth-order valence-electron chi connectivity index (χ4n) is 3.18. The Morgan fingerprint density at radius 2 is 1.96 bits per heavy atom. The second-order valence-electron chi connectivity index (χ2n) is 7.01. The fraction of sp³-hybridized carbons (Fsp3) is 0.286. The molecular formula is C21H22ClFN2O. The molecule has 1 aliphatic heterocycles. The van der Waals surface area contributed by atoms with Crippen molar-refractivity contribution < 1.29 is 9.13 Å². The first-order valence-corrected chi connectivity index (χ1v) is 8.75. The van der Waals surface area contributed by atoms with Crippen molar-refractivity contribution in [2.75, 3.05) is 19.1 Å². The van der Waals surface area contributed by atoms with E-state index in [2.05, 4.69) is 49.9 Å². The molecule has 0 amide bonds. The number of likely N-dealkylation sites (N-methyl/N-ethyl adjacent to an activating group) is 1. The molecule has 0 aliphatic carbocycles. The van der Waals surface area contributed by atoms with Gasteiger partial charge in [0, 0.05) is 36.1 Å². The number of anilines is 1. The van der Waals surface area contributed by atoms with Gasteiger partial charge in [0.15, 0.2) is 0 Å². The van der Waals surface area contributed by atoms with Crippen molar-refractivity contribution in [3.05, 3.63) is 58.4 Å². The zero-order valence-corrected chi connectivity index (χ0v) is 16.4. The Labute approximate surface area is 158 Å². The van der Waals surface area contributed by atoms with E-state index < -0.39 is 5.82 Å². The summed E-state index contributed by atoms with van der Waals surface area (Å²) < 4.78 is 18.9. The Balaban J connectivity index is 2.05. The molecule has 2 aromatic rings. The van der Waals surface area contributed by atoms with Crippen molar-refractivity contribution in [1.29, 1.82) is 0 Å². The minimum atomic E-state index is -0.455. The smallest absolute Gasteiger partial charge is 0.141 e. The molecule has 0 atom stereocenters. The SMILES string of the molecule is COc1cc2c(cc1C=Nc1ccc(F)c(Cl)c1)C(C)=CC(C)(C)N2C. The molecule has 0 fully saturated rings. The molecule has 0 radical (unpaired) electrons. The van der Waals surface area contributed by atoms with Crippen LogP contribution in [0.15, 0.2) is 41.4 Å². The van der Waals surface area contributed by atoms with Crippen LogP contribution in [-0.4, -0.2) is 25.9 Å². The summed E-state index contributed by atoms with van der Waals surface area (Å²) in [4.78, 5) is 6.65. The molecule has 26 heavy (non-hydrogen) atoms. The molecule has 0 saturated carbocycles. The molecule has 0 aromatic heterocycles. The number of ether oxygens (including phenoxy) is 1. The average Bonchev–Trinajstić information content (AvgIpc) is 2.60. The van der Waals surface area contributed by atoms with E-state index in [1.54, 1.807) is 19.4 Å². The number of hydrogen-bond donors (Lipinski definition) is 0. The van der Waals surface area contributed by atoms with Crippen molar-refractivity contribution in [1.82, 2.24) is 0 Å². The van der Waals surface area contributed by atoms with E-state index in [1.165, 1.54) is 17.7 Å². The zero-order chi connectivity index (χ0) is 19.1. The number of hydrogen-bond acceptors (Lipinski definition) is 3. The quantitative estimate of drug-likeness (QED) is 0.629. The van der Waals surface area contributed by atoms with E-state index in [1.807, 2.05) is 6.07 Å². The van der Waals surface area contributed by atoms with Gasteiger partial charge >= 0.3 is 0 Å². The Morgan fingerprint density at radius 1 is 1.23 bits per heavy atom. The van der Waals surface area contributed by atoms with Gasteiger partial charge in [-0.15, -0.1) is 0 Å². The molecule has 0 N–H and O–H groups in total. The zero-order valence-electron chi connectivity index (χ0n) is 15.6. The number of rotatable bonds is 3. The van der Waals surface area contributed by atoms with Gasteiger partial charge in [-0.05, 0) is 50.6 Å². The Hall–Kier alpha value is -2.33. The summed E-state index contributed by atoms with van der Waals surface area (Å²) in [6.45, 7) is 6.47. The van der Waals surface area contributed by atoms with Crippen LogP contribution in [0, 0.1) is 5.82 Å². The van der Waals surface area contributed by atoms with Crippen molar-refractivity contribution >= 4 is 34.8 Å². The van der Waals surface area contributed by atoms with Gasteiger partial charge in [-0.25, -0.2) is 4.39 Å². The van der Waals surface area contributed by atoms with Gasteiger partial charge in [0.1, 0.15) is 11.6 Å². The van der Waals surface area contributed by atoms with Crippen molar-refractivity contribution in [2.24, 2.45) is 4.99 Å². The third-order valence-electron chi connectivity index (χ3n) is 4.82. The highest BCUT2D eigenvalue weighted by Crippen LogP contribution is 2.41. The lowest BCUT2D eigenvalue weighted by Crippen LogP contribution is -2.42. The predicted octanol–water partition coefficient (Wildman–Crippen LogP) is 5.87. The number of benzene rings is 2. The Bertz CT molecular complexity index is 918. The highest BCUT2D eigenvalue weighted by molar-refractivity contribution is 6.31. The van der Waals surface area contributed by atoms with Gasteiger partial charge < -0.3 is 9.64 Å². The number of aliphatic imine (C=N–C) groups is 1.